The average molecular weight is 621 g/mol. The Hall–Kier alpha value is -1.89. The second-order valence-electron chi connectivity index (χ2n) is 9.04. The molecular weight excluding hydrogens is 602 g/mol. The summed E-state index contributed by atoms with van der Waals surface area (Å²) in [5.74, 6) is -6.24. The van der Waals surface area contributed by atoms with Crippen LogP contribution in [0.4, 0.5) is 0 Å². The van der Waals surface area contributed by atoms with Crippen molar-refractivity contribution in [1.82, 2.24) is 9.96 Å². The van der Waals surface area contributed by atoms with Gasteiger partial charge in [0.15, 0.2) is 21.2 Å². The van der Waals surface area contributed by atoms with Crippen molar-refractivity contribution < 1.29 is 34.2 Å². The number of carbonyl (C=O) groups excluding carboxylic acids is 4. The lowest BCUT2D eigenvalue weighted by Crippen LogP contribution is -2.60. The third-order valence-electron chi connectivity index (χ3n) is 7.60. The number of hydroxylamine groups is 2. The van der Waals surface area contributed by atoms with Crippen LogP contribution in [0.3, 0.4) is 0 Å². The lowest BCUT2D eigenvalue weighted by atomic mass is 9.56. The summed E-state index contributed by atoms with van der Waals surface area (Å²) < 4.78 is 5.71. The van der Waals surface area contributed by atoms with E-state index >= 15 is 0 Å². The molecule has 6 atom stereocenters. The first-order valence-corrected chi connectivity index (χ1v) is 12.3. The molecule has 2 aliphatic carbocycles. The highest BCUT2D eigenvalue weighted by Crippen LogP contribution is 2.65. The maximum Gasteiger partial charge on any atom is 0.257 e. The Bertz CT molecular complexity index is 1220. The third-order valence-corrected chi connectivity index (χ3v) is 9.83. The highest BCUT2D eigenvalue weighted by Gasteiger charge is 2.75. The van der Waals surface area contributed by atoms with Crippen molar-refractivity contribution in [3.8, 4) is 11.5 Å². The van der Waals surface area contributed by atoms with E-state index in [0.717, 1.165) is 4.90 Å². The molecule has 1 saturated carbocycles. The highest BCUT2D eigenvalue weighted by atomic mass is 127. The Labute approximate surface area is 217 Å². The molecular formula is C22H19Cl2IN2O7. The van der Waals surface area contributed by atoms with Crippen molar-refractivity contribution in [2.24, 2.45) is 17.8 Å². The number of imide groups is 2. The van der Waals surface area contributed by atoms with E-state index in [1.54, 1.807) is 12.1 Å². The molecule has 0 bridgehead atoms. The van der Waals surface area contributed by atoms with Crippen LogP contribution >= 0.6 is 45.8 Å². The molecule has 180 valence electrons. The van der Waals surface area contributed by atoms with Gasteiger partial charge in [-0.05, 0) is 59.0 Å². The van der Waals surface area contributed by atoms with Gasteiger partial charge >= 0.3 is 0 Å². The predicted octanol–water partition coefficient (Wildman–Crippen LogP) is 2.38. The molecule has 2 heterocycles. The molecule has 12 heteroatoms. The van der Waals surface area contributed by atoms with Gasteiger partial charge in [-0.2, -0.15) is 5.06 Å². The zero-order chi connectivity index (χ0) is 24.9. The topological polar surface area (TPSA) is 124 Å². The van der Waals surface area contributed by atoms with E-state index in [2.05, 4.69) is 0 Å². The first-order chi connectivity index (χ1) is 15.9. The van der Waals surface area contributed by atoms with Crippen molar-refractivity contribution >= 4 is 69.4 Å². The fraction of sp³-hybridized carbons (Fsp3) is 0.455. The van der Waals surface area contributed by atoms with Crippen LogP contribution in [-0.2, 0) is 19.2 Å². The van der Waals surface area contributed by atoms with E-state index < -0.39 is 57.0 Å². The van der Waals surface area contributed by atoms with Crippen LogP contribution in [0.25, 0.3) is 0 Å². The largest absolute Gasteiger partial charge is 0.504 e. The normalized spacial score (nSPS) is 36.9. The molecule has 9 nitrogen and oxygen atoms in total. The third kappa shape index (κ3) is 2.71. The summed E-state index contributed by atoms with van der Waals surface area (Å²) in [7, 11) is 2.68. The number of phenolic OH excluding ortho intramolecular Hbond substituents is 1. The summed E-state index contributed by atoms with van der Waals surface area (Å²) >= 11 is 16.0. The van der Waals surface area contributed by atoms with E-state index in [-0.39, 0.29) is 29.4 Å². The van der Waals surface area contributed by atoms with Crippen molar-refractivity contribution in [2.75, 3.05) is 14.2 Å². The zero-order valence-electron chi connectivity index (χ0n) is 17.9. The number of hydrogen-bond donors (Lipinski definition) is 2. The number of benzene rings is 1. The summed E-state index contributed by atoms with van der Waals surface area (Å²) in [6.07, 6.45) is 1.75. The fourth-order valence-electron chi connectivity index (χ4n) is 6.02. The number of amides is 4. The monoisotopic (exact) mass is 620 g/mol. The van der Waals surface area contributed by atoms with E-state index in [0.29, 0.717) is 14.7 Å². The molecule has 2 N–H and O–H groups in total. The Morgan fingerprint density at radius 1 is 1.12 bits per heavy atom. The van der Waals surface area contributed by atoms with Crippen LogP contribution < -0.4 is 4.74 Å². The molecule has 0 aromatic heterocycles. The number of hydrogen-bond acceptors (Lipinski definition) is 7. The van der Waals surface area contributed by atoms with Crippen LogP contribution in [0.1, 0.15) is 24.3 Å². The van der Waals surface area contributed by atoms with Crippen LogP contribution in [-0.4, -0.2) is 67.8 Å². The number of ether oxygens (including phenoxy) is 1. The summed E-state index contributed by atoms with van der Waals surface area (Å²) in [6.45, 7) is 0. The molecule has 2 saturated heterocycles. The molecule has 4 aliphatic rings. The first-order valence-electron chi connectivity index (χ1n) is 10.4. The number of alkyl halides is 2. The first kappa shape index (κ1) is 23.8. The second kappa shape index (κ2) is 7.55. The molecule has 1 aromatic carbocycles. The van der Waals surface area contributed by atoms with Crippen molar-refractivity contribution in [3.63, 3.8) is 0 Å². The molecule has 0 radical (unpaired) electrons. The van der Waals surface area contributed by atoms with E-state index in [9.17, 15) is 29.5 Å². The minimum absolute atomic E-state index is 0.101. The molecule has 0 unspecified atom stereocenters. The predicted molar refractivity (Wildman–Crippen MR) is 126 cm³/mol. The number of halogens is 3. The number of fused-ring (bicyclic) bond motifs is 4. The smallest absolute Gasteiger partial charge is 0.257 e. The molecule has 3 fully saturated rings. The molecule has 2 aliphatic heterocycles. The summed E-state index contributed by atoms with van der Waals surface area (Å²) in [4.78, 5) is 49.1. The van der Waals surface area contributed by atoms with Gasteiger partial charge in [0.2, 0.25) is 0 Å². The van der Waals surface area contributed by atoms with Gasteiger partial charge in [-0.15, -0.1) is 23.2 Å². The second-order valence-corrected chi connectivity index (χ2v) is 11.4. The molecule has 1 aromatic rings. The van der Waals surface area contributed by atoms with Crippen LogP contribution in [0.15, 0.2) is 23.8 Å². The SMILES string of the molecule is COc1cc([C@H]2C3=CC[C@@H]4C(=O)N(O)C(=O)[C@@H]4[C@@H]3C[C@@]3(Cl)C(=O)N(C)C(=O)[C@@]23Cl)cc(I)c1O. The number of carbonyl (C=O) groups is 4. The Kier molecular flexibility index (Phi) is 5.29. The van der Waals surface area contributed by atoms with Gasteiger partial charge in [0.25, 0.3) is 23.6 Å². The average Bonchev–Trinajstić information content (AvgIpc) is 3.10. The maximum atomic E-state index is 13.4. The van der Waals surface area contributed by atoms with Crippen LogP contribution in [0, 0.1) is 21.3 Å². The van der Waals surface area contributed by atoms with E-state index in [1.807, 2.05) is 22.6 Å². The Morgan fingerprint density at radius 3 is 2.44 bits per heavy atom. The van der Waals surface area contributed by atoms with Gasteiger partial charge < -0.3 is 9.84 Å². The minimum atomic E-state index is -1.93. The van der Waals surface area contributed by atoms with Crippen molar-refractivity contribution in [1.29, 1.82) is 0 Å². The number of methoxy groups -OCH3 is 1. The van der Waals surface area contributed by atoms with Gasteiger partial charge in [0, 0.05) is 13.0 Å². The Morgan fingerprint density at radius 2 is 1.79 bits per heavy atom. The quantitative estimate of drug-likeness (QED) is 0.171. The summed E-state index contributed by atoms with van der Waals surface area (Å²) in [5.41, 5.74) is 1.05. The number of allylic oxidation sites excluding steroid dienone is 2. The summed E-state index contributed by atoms with van der Waals surface area (Å²) in [5, 5.41) is 20.5. The Balaban J connectivity index is 1.78. The fourth-order valence-corrected chi connectivity index (χ4v) is 7.66. The zero-order valence-corrected chi connectivity index (χ0v) is 21.6. The number of phenols is 1. The van der Waals surface area contributed by atoms with E-state index in [1.165, 1.54) is 20.2 Å². The van der Waals surface area contributed by atoms with Crippen LogP contribution in [0.2, 0.25) is 0 Å². The standard InChI is InChI=1S/C22H19Cl2IN2O7/c1-26-19(31)21(23)7-11-9(3-4-10-14(11)18(30)27(33)17(10)29)15(22(21,24)20(26)32)8-5-12(25)16(28)13(6-8)34-2/h3,5-6,10-11,14-15,28,33H,4,7H2,1-2H3/t10-,11+,14-,15-,21+,22-/m0/s1. The number of likely N-dealkylation sites (tertiary alicyclic amines) is 1. The summed E-state index contributed by atoms with van der Waals surface area (Å²) in [6, 6.07) is 3.14. The minimum Gasteiger partial charge on any atom is -0.504 e. The lowest BCUT2D eigenvalue weighted by molar-refractivity contribution is -0.173. The van der Waals surface area contributed by atoms with Crippen molar-refractivity contribution in [2.45, 2.75) is 28.5 Å². The number of aromatic hydroxyl groups is 1. The highest BCUT2D eigenvalue weighted by molar-refractivity contribution is 14.1. The number of rotatable bonds is 2. The lowest BCUT2D eigenvalue weighted by Gasteiger charge is -2.50. The van der Waals surface area contributed by atoms with Gasteiger partial charge in [-0.3, -0.25) is 29.3 Å². The van der Waals surface area contributed by atoms with Gasteiger partial charge in [0.1, 0.15) is 0 Å². The maximum absolute atomic E-state index is 13.4. The number of nitrogens with zero attached hydrogens (tertiary/aromatic N) is 2. The molecule has 34 heavy (non-hydrogen) atoms. The molecule has 0 spiro atoms. The van der Waals surface area contributed by atoms with Crippen LogP contribution in [0.5, 0.6) is 11.5 Å². The molecule has 5 rings (SSSR count). The molecule has 4 amide bonds. The van der Waals surface area contributed by atoms with Crippen molar-refractivity contribution in [3.05, 3.63) is 32.9 Å². The van der Waals surface area contributed by atoms with Gasteiger partial charge in [0.05, 0.1) is 22.5 Å². The van der Waals surface area contributed by atoms with E-state index in [4.69, 9.17) is 27.9 Å². The van der Waals surface area contributed by atoms with Gasteiger partial charge in [-0.25, -0.2) is 0 Å². The van der Waals surface area contributed by atoms with Gasteiger partial charge in [-0.1, -0.05) is 11.6 Å².